The van der Waals surface area contributed by atoms with Crippen molar-refractivity contribution in [2.24, 2.45) is 5.73 Å². The third kappa shape index (κ3) is 3.56. The number of nitrogens with two attached hydrogens (primary N) is 1. The molecule has 0 saturated carbocycles. The molecule has 0 bridgehead atoms. The SMILES string of the molecule is COC(=O)Cc1cc(CN)c(I)nc1C(F)F. The Balaban J connectivity index is 3.19. The van der Waals surface area contributed by atoms with Crippen LogP contribution in [0.5, 0.6) is 0 Å². The van der Waals surface area contributed by atoms with E-state index in [2.05, 4.69) is 9.72 Å². The van der Waals surface area contributed by atoms with Crippen LogP contribution in [0.1, 0.15) is 23.2 Å². The summed E-state index contributed by atoms with van der Waals surface area (Å²) in [5.74, 6) is -0.585. The zero-order valence-corrected chi connectivity index (χ0v) is 11.2. The van der Waals surface area contributed by atoms with E-state index < -0.39 is 18.1 Å². The van der Waals surface area contributed by atoms with Crippen molar-refractivity contribution in [2.75, 3.05) is 7.11 Å². The molecular formula is C10H11F2IN2O2. The highest BCUT2D eigenvalue weighted by atomic mass is 127. The molecule has 0 aromatic carbocycles. The largest absolute Gasteiger partial charge is 0.469 e. The van der Waals surface area contributed by atoms with Crippen LogP contribution < -0.4 is 5.73 Å². The fourth-order valence-electron chi connectivity index (χ4n) is 1.29. The first-order valence-corrected chi connectivity index (χ1v) is 5.80. The van der Waals surface area contributed by atoms with Gasteiger partial charge in [-0.3, -0.25) is 4.79 Å². The number of hydrogen-bond donors (Lipinski definition) is 1. The molecule has 1 heterocycles. The molecule has 0 aliphatic carbocycles. The number of carbonyl (C=O) groups is 1. The second-order valence-electron chi connectivity index (χ2n) is 3.24. The Morgan fingerprint density at radius 3 is 2.71 bits per heavy atom. The van der Waals surface area contributed by atoms with Crippen LogP contribution in [0, 0.1) is 3.70 Å². The first-order chi connectivity index (χ1) is 7.99. The van der Waals surface area contributed by atoms with E-state index in [1.54, 1.807) is 0 Å². The molecule has 0 spiro atoms. The minimum absolute atomic E-state index is 0.160. The standard InChI is InChI=1S/C10H11F2IN2O2/c1-17-7(16)3-5-2-6(4-14)10(13)15-8(5)9(11)12/h2,9H,3-4,14H2,1H3. The predicted octanol–water partition coefficient (Wildman–Crippen LogP) is 1.80. The van der Waals surface area contributed by atoms with E-state index in [4.69, 9.17) is 5.73 Å². The van der Waals surface area contributed by atoms with Crippen LogP contribution in [0.25, 0.3) is 0 Å². The quantitative estimate of drug-likeness (QED) is 0.508. The molecule has 0 unspecified atom stereocenters. The minimum atomic E-state index is -2.73. The van der Waals surface area contributed by atoms with Crippen LogP contribution in [0.2, 0.25) is 0 Å². The summed E-state index contributed by atoms with van der Waals surface area (Å²) in [6, 6.07) is 1.48. The minimum Gasteiger partial charge on any atom is -0.469 e. The highest BCUT2D eigenvalue weighted by molar-refractivity contribution is 14.1. The monoisotopic (exact) mass is 356 g/mol. The topological polar surface area (TPSA) is 65.2 Å². The highest BCUT2D eigenvalue weighted by Crippen LogP contribution is 2.24. The molecule has 0 atom stereocenters. The third-order valence-electron chi connectivity index (χ3n) is 2.15. The van der Waals surface area contributed by atoms with E-state index in [-0.39, 0.29) is 18.5 Å². The van der Waals surface area contributed by atoms with Crippen LogP contribution in [-0.2, 0) is 22.5 Å². The maximum absolute atomic E-state index is 12.7. The molecule has 0 saturated heterocycles. The van der Waals surface area contributed by atoms with Gasteiger partial charge in [-0.2, -0.15) is 0 Å². The van der Waals surface area contributed by atoms with Crippen molar-refractivity contribution in [3.05, 3.63) is 26.6 Å². The molecule has 0 aliphatic rings. The van der Waals surface area contributed by atoms with Gasteiger partial charge in [-0.15, -0.1) is 0 Å². The first-order valence-electron chi connectivity index (χ1n) is 4.72. The van der Waals surface area contributed by atoms with E-state index in [0.29, 0.717) is 9.26 Å². The Morgan fingerprint density at radius 2 is 2.24 bits per heavy atom. The van der Waals surface area contributed by atoms with Crippen LogP contribution in [-0.4, -0.2) is 18.1 Å². The summed E-state index contributed by atoms with van der Waals surface area (Å²) in [5, 5.41) is 0. The van der Waals surface area contributed by atoms with Crippen LogP contribution in [0.15, 0.2) is 6.07 Å². The van der Waals surface area contributed by atoms with Gasteiger partial charge in [-0.05, 0) is 39.8 Å². The number of methoxy groups -OCH3 is 1. The Bertz CT molecular complexity index is 427. The average molecular weight is 356 g/mol. The van der Waals surface area contributed by atoms with Gasteiger partial charge in [0.05, 0.1) is 13.5 Å². The Hall–Kier alpha value is -0.830. The molecule has 1 rings (SSSR count). The second-order valence-corrected chi connectivity index (χ2v) is 4.26. The Morgan fingerprint density at radius 1 is 1.59 bits per heavy atom. The summed E-state index contributed by atoms with van der Waals surface area (Å²) in [6.07, 6.45) is -2.96. The van der Waals surface area contributed by atoms with Gasteiger partial charge < -0.3 is 10.5 Å². The number of aromatic nitrogens is 1. The number of esters is 1. The van der Waals surface area contributed by atoms with Gasteiger partial charge in [0, 0.05) is 6.54 Å². The summed E-state index contributed by atoms with van der Waals surface area (Å²) in [6.45, 7) is 0.183. The summed E-state index contributed by atoms with van der Waals surface area (Å²) >= 11 is 1.84. The lowest BCUT2D eigenvalue weighted by molar-refractivity contribution is -0.139. The van der Waals surface area contributed by atoms with Crippen molar-refractivity contribution in [3.8, 4) is 0 Å². The number of halogens is 3. The first kappa shape index (κ1) is 14.2. The molecule has 4 nitrogen and oxygen atoms in total. The summed E-state index contributed by atoms with van der Waals surface area (Å²) in [4.78, 5) is 14.9. The van der Waals surface area contributed by atoms with Crippen molar-refractivity contribution in [2.45, 2.75) is 19.4 Å². The molecule has 0 aliphatic heterocycles. The maximum Gasteiger partial charge on any atom is 0.310 e. The smallest absolute Gasteiger partial charge is 0.310 e. The van der Waals surface area contributed by atoms with E-state index in [0.717, 1.165) is 0 Å². The van der Waals surface area contributed by atoms with Crippen LogP contribution in [0.4, 0.5) is 8.78 Å². The molecular weight excluding hydrogens is 345 g/mol. The molecule has 0 radical (unpaired) electrons. The lowest BCUT2D eigenvalue weighted by atomic mass is 10.1. The molecule has 1 aromatic rings. The highest BCUT2D eigenvalue weighted by Gasteiger charge is 2.19. The number of hydrogen-bond acceptors (Lipinski definition) is 4. The second kappa shape index (κ2) is 6.20. The van der Waals surface area contributed by atoms with Crippen molar-refractivity contribution in [1.29, 1.82) is 0 Å². The summed E-state index contributed by atoms with van der Waals surface area (Å²) < 4.78 is 30.4. The van der Waals surface area contributed by atoms with E-state index in [9.17, 15) is 13.6 Å². The molecule has 17 heavy (non-hydrogen) atoms. The molecule has 0 amide bonds. The fraction of sp³-hybridized carbons (Fsp3) is 0.400. The van der Waals surface area contributed by atoms with Gasteiger partial charge >= 0.3 is 5.97 Å². The van der Waals surface area contributed by atoms with Gasteiger partial charge in [-0.1, -0.05) is 0 Å². The number of rotatable bonds is 4. The van der Waals surface area contributed by atoms with Gasteiger partial charge in [0.15, 0.2) is 0 Å². The van der Waals surface area contributed by atoms with Crippen molar-refractivity contribution in [3.63, 3.8) is 0 Å². The maximum atomic E-state index is 12.7. The third-order valence-corrected chi connectivity index (χ3v) is 3.08. The van der Waals surface area contributed by atoms with Crippen molar-refractivity contribution >= 4 is 28.6 Å². The Kier molecular flexibility index (Phi) is 5.19. The van der Waals surface area contributed by atoms with Crippen molar-refractivity contribution in [1.82, 2.24) is 4.98 Å². The van der Waals surface area contributed by atoms with Gasteiger partial charge in [0.1, 0.15) is 9.39 Å². The summed E-state index contributed by atoms with van der Waals surface area (Å²) in [5.41, 5.74) is 5.86. The molecule has 0 fully saturated rings. The zero-order chi connectivity index (χ0) is 13.0. The lowest BCUT2D eigenvalue weighted by Crippen LogP contribution is -2.12. The fourth-order valence-corrected chi connectivity index (χ4v) is 1.93. The normalized spacial score (nSPS) is 10.7. The van der Waals surface area contributed by atoms with Gasteiger partial charge in [-0.25, -0.2) is 13.8 Å². The van der Waals surface area contributed by atoms with E-state index in [1.165, 1.54) is 13.2 Å². The molecule has 1 aromatic heterocycles. The van der Waals surface area contributed by atoms with Crippen LogP contribution >= 0.6 is 22.6 Å². The lowest BCUT2D eigenvalue weighted by Gasteiger charge is -2.10. The zero-order valence-electron chi connectivity index (χ0n) is 9.04. The van der Waals surface area contributed by atoms with Crippen LogP contribution in [0.3, 0.4) is 0 Å². The predicted molar refractivity (Wildman–Crippen MR) is 65.5 cm³/mol. The summed E-state index contributed by atoms with van der Waals surface area (Å²) in [7, 11) is 1.20. The Labute approximate surface area is 111 Å². The van der Waals surface area contributed by atoms with Gasteiger partial charge in [0.2, 0.25) is 0 Å². The molecule has 7 heteroatoms. The van der Waals surface area contributed by atoms with E-state index >= 15 is 0 Å². The number of alkyl halides is 2. The number of carbonyl (C=O) groups excluding carboxylic acids is 1. The average Bonchev–Trinajstić information content (AvgIpc) is 2.30. The number of pyridine rings is 1. The van der Waals surface area contributed by atoms with Gasteiger partial charge in [0.25, 0.3) is 6.43 Å². The molecule has 2 N–H and O–H groups in total. The van der Waals surface area contributed by atoms with E-state index in [1.807, 2.05) is 22.6 Å². The number of nitrogens with zero attached hydrogens (tertiary/aromatic N) is 1. The van der Waals surface area contributed by atoms with Crippen molar-refractivity contribution < 1.29 is 18.3 Å². The number of ether oxygens (including phenoxy) is 1. The molecule has 94 valence electrons.